The van der Waals surface area contributed by atoms with E-state index in [2.05, 4.69) is 5.32 Å². The summed E-state index contributed by atoms with van der Waals surface area (Å²) in [7, 11) is 0. The summed E-state index contributed by atoms with van der Waals surface area (Å²) in [6.07, 6.45) is 7.92. The maximum atomic E-state index is 11.7. The molecule has 2 rings (SSSR count). The van der Waals surface area contributed by atoms with Gasteiger partial charge in [0.05, 0.1) is 5.25 Å². The number of amides is 1. The lowest BCUT2D eigenvalue weighted by atomic mass is 10.1. The van der Waals surface area contributed by atoms with Crippen LogP contribution in [0.15, 0.2) is 0 Å². The van der Waals surface area contributed by atoms with Crippen LogP contribution in [-0.4, -0.2) is 23.0 Å². The third-order valence-corrected chi connectivity index (χ3v) is 4.73. The fourth-order valence-corrected chi connectivity index (χ4v) is 3.19. The predicted octanol–water partition coefficient (Wildman–Crippen LogP) is 2.58. The molecule has 2 aliphatic rings. The van der Waals surface area contributed by atoms with Crippen molar-refractivity contribution in [1.29, 1.82) is 0 Å². The number of nitrogens with one attached hydrogen (secondary N) is 1. The van der Waals surface area contributed by atoms with Crippen molar-refractivity contribution in [3.8, 4) is 0 Å². The number of carbonyl (C=O) groups excluding carboxylic acids is 1. The van der Waals surface area contributed by atoms with E-state index in [9.17, 15) is 4.79 Å². The van der Waals surface area contributed by atoms with Gasteiger partial charge in [0.1, 0.15) is 0 Å². The highest BCUT2D eigenvalue weighted by Gasteiger charge is 2.26. The lowest BCUT2D eigenvalue weighted by Crippen LogP contribution is -2.32. The number of hydrogen-bond acceptors (Lipinski definition) is 2. The van der Waals surface area contributed by atoms with Gasteiger partial charge < -0.3 is 5.32 Å². The molecule has 0 bridgehead atoms. The number of rotatable bonds is 5. The standard InChI is InChI=1S/C12H21NOS/c1-9(12(14)13-11-6-7-11)15-8-10-4-2-3-5-10/h9-11H,2-8H2,1H3,(H,13,14)/t9-/m1/s1. The minimum atomic E-state index is 0.145. The van der Waals surface area contributed by atoms with Crippen LogP contribution in [0.3, 0.4) is 0 Å². The van der Waals surface area contributed by atoms with Crippen molar-refractivity contribution in [3.05, 3.63) is 0 Å². The molecule has 2 saturated carbocycles. The van der Waals surface area contributed by atoms with Gasteiger partial charge in [0, 0.05) is 6.04 Å². The Kier molecular flexibility index (Phi) is 3.95. The summed E-state index contributed by atoms with van der Waals surface area (Å²) in [5.74, 6) is 2.31. The Morgan fingerprint density at radius 3 is 2.60 bits per heavy atom. The van der Waals surface area contributed by atoms with Crippen molar-refractivity contribution >= 4 is 17.7 Å². The molecule has 0 radical (unpaired) electrons. The molecule has 2 aliphatic carbocycles. The molecule has 0 aromatic rings. The summed E-state index contributed by atoms with van der Waals surface area (Å²) in [6.45, 7) is 2.04. The quantitative estimate of drug-likeness (QED) is 0.782. The van der Waals surface area contributed by atoms with E-state index in [-0.39, 0.29) is 11.2 Å². The van der Waals surface area contributed by atoms with E-state index in [1.54, 1.807) is 0 Å². The molecule has 0 saturated heterocycles. The van der Waals surface area contributed by atoms with Crippen LogP contribution in [0.2, 0.25) is 0 Å². The minimum Gasteiger partial charge on any atom is -0.352 e. The van der Waals surface area contributed by atoms with E-state index >= 15 is 0 Å². The molecule has 1 N–H and O–H groups in total. The summed E-state index contributed by atoms with van der Waals surface area (Å²) < 4.78 is 0. The topological polar surface area (TPSA) is 29.1 Å². The Hall–Kier alpha value is -0.180. The molecule has 0 aliphatic heterocycles. The van der Waals surface area contributed by atoms with Crippen molar-refractivity contribution in [2.24, 2.45) is 5.92 Å². The van der Waals surface area contributed by atoms with E-state index < -0.39 is 0 Å². The van der Waals surface area contributed by atoms with Crippen LogP contribution in [-0.2, 0) is 4.79 Å². The second-order valence-electron chi connectivity index (χ2n) is 4.91. The highest BCUT2D eigenvalue weighted by Crippen LogP contribution is 2.29. The Labute approximate surface area is 96.6 Å². The molecule has 2 fully saturated rings. The first-order valence-electron chi connectivity index (χ1n) is 6.17. The van der Waals surface area contributed by atoms with Crippen LogP contribution in [0.5, 0.6) is 0 Å². The molecule has 3 heteroatoms. The monoisotopic (exact) mass is 227 g/mol. The van der Waals surface area contributed by atoms with Gasteiger partial charge in [-0.25, -0.2) is 0 Å². The van der Waals surface area contributed by atoms with Gasteiger partial charge in [0.2, 0.25) is 5.91 Å². The van der Waals surface area contributed by atoms with Gasteiger partial charge in [-0.2, -0.15) is 0 Å². The molecule has 0 spiro atoms. The summed E-state index contributed by atoms with van der Waals surface area (Å²) in [5, 5.41) is 3.21. The average Bonchev–Trinajstić information content (AvgIpc) is 2.88. The van der Waals surface area contributed by atoms with Crippen molar-refractivity contribution in [3.63, 3.8) is 0 Å². The van der Waals surface area contributed by atoms with Gasteiger partial charge in [-0.05, 0) is 44.3 Å². The maximum absolute atomic E-state index is 11.7. The molecule has 0 heterocycles. The highest BCUT2D eigenvalue weighted by atomic mass is 32.2. The molecular formula is C12H21NOS. The lowest BCUT2D eigenvalue weighted by molar-refractivity contribution is -0.120. The van der Waals surface area contributed by atoms with Crippen LogP contribution in [0.25, 0.3) is 0 Å². The third-order valence-electron chi connectivity index (χ3n) is 3.35. The minimum absolute atomic E-state index is 0.145. The second-order valence-corrected chi connectivity index (χ2v) is 6.28. The van der Waals surface area contributed by atoms with Crippen molar-refractivity contribution < 1.29 is 4.79 Å². The fourth-order valence-electron chi connectivity index (χ4n) is 2.08. The number of thioether (sulfide) groups is 1. The SMILES string of the molecule is C[C@@H](SCC1CCCC1)C(=O)NC1CC1. The summed E-state index contributed by atoms with van der Waals surface area (Å²) in [6, 6.07) is 0.507. The molecule has 86 valence electrons. The van der Waals surface area contributed by atoms with Crippen molar-refractivity contribution in [2.75, 3.05) is 5.75 Å². The van der Waals surface area contributed by atoms with E-state index in [1.807, 2.05) is 18.7 Å². The van der Waals surface area contributed by atoms with Gasteiger partial charge in [-0.3, -0.25) is 4.79 Å². The van der Waals surface area contributed by atoms with E-state index in [4.69, 9.17) is 0 Å². The average molecular weight is 227 g/mol. The molecule has 0 aromatic carbocycles. The molecule has 1 atom stereocenters. The third kappa shape index (κ3) is 3.71. The lowest BCUT2D eigenvalue weighted by Gasteiger charge is -2.14. The normalized spacial score (nSPS) is 24.1. The van der Waals surface area contributed by atoms with Crippen LogP contribution in [0.4, 0.5) is 0 Å². The molecular weight excluding hydrogens is 206 g/mol. The van der Waals surface area contributed by atoms with Gasteiger partial charge >= 0.3 is 0 Å². The first kappa shape index (κ1) is 11.3. The second kappa shape index (κ2) is 5.24. The summed E-state index contributed by atoms with van der Waals surface area (Å²) >= 11 is 1.84. The first-order valence-corrected chi connectivity index (χ1v) is 7.22. The Bertz CT molecular complexity index is 222. The molecule has 2 nitrogen and oxygen atoms in total. The first-order chi connectivity index (χ1) is 7.25. The van der Waals surface area contributed by atoms with Gasteiger partial charge in [-0.15, -0.1) is 11.8 Å². The van der Waals surface area contributed by atoms with E-state index in [0.717, 1.165) is 5.92 Å². The smallest absolute Gasteiger partial charge is 0.233 e. The van der Waals surface area contributed by atoms with Crippen LogP contribution < -0.4 is 5.32 Å². The van der Waals surface area contributed by atoms with Crippen LogP contribution >= 0.6 is 11.8 Å². The Morgan fingerprint density at radius 2 is 2.00 bits per heavy atom. The van der Waals surface area contributed by atoms with Crippen molar-refractivity contribution in [2.45, 2.75) is 56.7 Å². The van der Waals surface area contributed by atoms with Crippen LogP contribution in [0.1, 0.15) is 45.4 Å². The fraction of sp³-hybridized carbons (Fsp3) is 0.917. The Balaban J connectivity index is 1.61. The number of hydrogen-bond donors (Lipinski definition) is 1. The largest absolute Gasteiger partial charge is 0.352 e. The molecule has 0 aromatic heterocycles. The van der Waals surface area contributed by atoms with E-state index in [1.165, 1.54) is 44.3 Å². The maximum Gasteiger partial charge on any atom is 0.233 e. The van der Waals surface area contributed by atoms with E-state index in [0.29, 0.717) is 6.04 Å². The molecule has 15 heavy (non-hydrogen) atoms. The predicted molar refractivity (Wildman–Crippen MR) is 65.0 cm³/mol. The van der Waals surface area contributed by atoms with Crippen LogP contribution in [0, 0.1) is 5.92 Å². The highest BCUT2D eigenvalue weighted by molar-refractivity contribution is 8.00. The van der Waals surface area contributed by atoms with Gasteiger partial charge in [-0.1, -0.05) is 12.8 Å². The summed E-state index contributed by atoms with van der Waals surface area (Å²) in [5.41, 5.74) is 0. The zero-order chi connectivity index (χ0) is 10.7. The summed E-state index contributed by atoms with van der Waals surface area (Å²) in [4.78, 5) is 11.7. The zero-order valence-electron chi connectivity index (χ0n) is 9.50. The molecule has 1 amide bonds. The number of carbonyl (C=O) groups is 1. The molecule has 0 unspecified atom stereocenters. The zero-order valence-corrected chi connectivity index (χ0v) is 10.3. The Morgan fingerprint density at radius 1 is 1.33 bits per heavy atom. The van der Waals surface area contributed by atoms with Crippen molar-refractivity contribution in [1.82, 2.24) is 5.32 Å². The van der Waals surface area contributed by atoms with Gasteiger partial charge in [0.25, 0.3) is 0 Å². The van der Waals surface area contributed by atoms with Gasteiger partial charge in [0.15, 0.2) is 0 Å².